The lowest BCUT2D eigenvalue weighted by Gasteiger charge is -2.29. The monoisotopic (exact) mass is 674 g/mol. The van der Waals surface area contributed by atoms with E-state index in [4.69, 9.17) is 18.9 Å². The Balaban J connectivity index is 1.11. The number of hydrogen-bond donors (Lipinski definition) is 2. The van der Waals surface area contributed by atoms with Gasteiger partial charge in [0, 0.05) is 43.5 Å². The van der Waals surface area contributed by atoms with Crippen LogP contribution >= 0.6 is 0 Å². The Morgan fingerprint density at radius 1 is 0.840 bits per heavy atom. The van der Waals surface area contributed by atoms with Crippen LogP contribution in [0.3, 0.4) is 0 Å². The van der Waals surface area contributed by atoms with Crippen molar-refractivity contribution >= 4 is 34.1 Å². The maximum absolute atomic E-state index is 13.7. The Hall–Kier alpha value is -5.45. The third kappa shape index (κ3) is 8.39. The number of nitrogens with zero attached hydrogens (tertiary/aromatic N) is 2. The lowest BCUT2D eigenvalue weighted by molar-refractivity contribution is 0.102. The van der Waals surface area contributed by atoms with E-state index < -0.39 is 0 Å². The molecule has 0 atom stereocenters. The number of hydrogen-bond acceptors (Lipinski definition) is 8. The first-order chi connectivity index (χ1) is 24.4. The summed E-state index contributed by atoms with van der Waals surface area (Å²) in [6, 6.07) is 26.4. The number of carbonyl (C=O) groups is 2. The van der Waals surface area contributed by atoms with Gasteiger partial charge in [-0.3, -0.25) is 19.5 Å². The molecule has 0 spiro atoms. The van der Waals surface area contributed by atoms with Crippen LogP contribution in [0.1, 0.15) is 44.3 Å². The highest BCUT2D eigenvalue weighted by atomic mass is 16.5. The number of rotatable bonds is 14. The van der Waals surface area contributed by atoms with Crippen LogP contribution in [0.4, 0.5) is 11.4 Å². The summed E-state index contributed by atoms with van der Waals surface area (Å²) >= 11 is 0. The van der Waals surface area contributed by atoms with Crippen molar-refractivity contribution in [1.29, 1.82) is 0 Å². The number of fused-ring (bicyclic) bond motifs is 2. The molecule has 258 valence electrons. The molecule has 2 N–H and O–H groups in total. The Labute approximate surface area is 292 Å². The van der Waals surface area contributed by atoms with Crippen molar-refractivity contribution in [3.63, 3.8) is 0 Å². The number of pyridine rings is 1. The van der Waals surface area contributed by atoms with Crippen molar-refractivity contribution in [3.8, 4) is 17.2 Å². The molecule has 0 fully saturated rings. The Bertz CT molecular complexity index is 1960. The summed E-state index contributed by atoms with van der Waals surface area (Å²) in [5.74, 6) is 1.27. The molecule has 2 heterocycles. The average Bonchev–Trinajstić information content (AvgIpc) is 3.15. The number of nitrogens with one attached hydrogen (secondary N) is 2. The van der Waals surface area contributed by atoms with E-state index >= 15 is 0 Å². The topological polar surface area (TPSA) is 111 Å². The van der Waals surface area contributed by atoms with E-state index in [2.05, 4.69) is 32.7 Å². The molecule has 1 aliphatic rings. The third-order valence-corrected chi connectivity index (χ3v) is 8.76. The van der Waals surface area contributed by atoms with Gasteiger partial charge in [0.05, 0.1) is 43.2 Å². The molecular weight excluding hydrogens is 632 g/mol. The largest absolute Gasteiger partial charge is 0.493 e. The molecule has 0 radical (unpaired) electrons. The minimum absolute atomic E-state index is 0.268. The quantitative estimate of drug-likeness (QED) is 0.124. The summed E-state index contributed by atoms with van der Waals surface area (Å²) in [6.45, 7) is 6.00. The summed E-state index contributed by atoms with van der Waals surface area (Å²) in [5, 5.41) is 6.74. The summed E-state index contributed by atoms with van der Waals surface area (Å²) in [7, 11) is 3.33. The molecule has 10 heteroatoms. The highest BCUT2D eigenvalue weighted by Gasteiger charge is 2.20. The third-order valence-electron chi connectivity index (χ3n) is 8.76. The summed E-state index contributed by atoms with van der Waals surface area (Å²) in [4.78, 5) is 33.8. The van der Waals surface area contributed by atoms with E-state index in [-0.39, 0.29) is 17.4 Å². The van der Waals surface area contributed by atoms with Crippen LogP contribution in [0.5, 0.6) is 17.2 Å². The Morgan fingerprint density at radius 2 is 1.62 bits per heavy atom. The van der Waals surface area contributed by atoms with Gasteiger partial charge in [0.2, 0.25) is 0 Å². The molecule has 0 saturated carbocycles. The van der Waals surface area contributed by atoms with Gasteiger partial charge in [-0.25, -0.2) is 0 Å². The number of carbonyl (C=O) groups excluding carboxylic acids is 2. The number of methoxy groups -OCH3 is 2. The zero-order valence-electron chi connectivity index (χ0n) is 28.7. The molecule has 0 aliphatic carbocycles. The number of amides is 2. The summed E-state index contributed by atoms with van der Waals surface area (Å²) < 4.78 is 22.2. The average molecular weight is 675 g/mol. The fourth-order valence-corrected chi connectivity index (χ4v) is 6.04. The lowest BCUT2D eigenvalue weighted by atomic mass is 9.98. The molecule has 6 rings (SSSR count). The van der Waals surface area contributed by atoms with Crippen molar-refractivity contribution in [1.82, 2.24) is 9.88 Å². The minimum atomic E-state index is -0.376. The van der Waals surface area contributed by atoms with Crippen LogP contribution in [0.15, 0.2) is 91.1 Å². The van der Waals surface area contributed by atoms with Crippen molar-refractivity contribution in [2.24, 2.45) is 0 Å². The van der Waals surface area contributed by atoms with Gasteiger partial charge < -0.3 is 29.6 Å². The minimum Gasteiger partial charge on any atom is -0.493 e. The van der Waals surface area contributed by atoms with Crippen molar-refractivity contribution in [3.05, 3.63) is 119 Å². The van der Waals surface area contributed by atoms with Crippen LogP contribution in [-0.4, -0.2) is 68.8 Å². The van der Waals surface area contributed by atoms with Crippen LogP contribution in [-0.2, 0) is 24.1 Å². The molecular formula is C40H42N4O6. The van der Waals surface area contributed by atoms with Gasteiger partial charge in [0.15, 0.2) is 11.5 Å². The summed E-state index contributed by atoms with van der Waals surface area (Å²) in [5.41, 5.74) is 6.18. The highest BCUT2D eigenvalue weighted by Crippen LogP contribution is 2.33. The van der Waals surface area contributed by atoms with E-state index in [0.29, 0.717) is 42.5 Å². The van der Waals surface area contributed by atoms with Gasteiger partial charge in [-0.2, -0.15) is 0 Å². The number of ether oxygens (including phenoxy) is 4. The van der Waals surface area contributed by atoms with E-state index in [1.807, 2.05) is 55.5 Å². The molecule has 2 amide bonds. The van der Waals surface area contributed by atoms with Gasteiger partial charge in [0.1, 0.15) is 12.4 Å². The molecule has 0 bridgehead atoms. The first kappa shape index (κ1) is 34.4. The zero-order valence-corrected chi connectivity index (χ0v) is 28.7. The smallest absolute Gasteiger partial charge is 0.257 e. The first-order valence-electron chi connectivity index (χ1n) is 16.8. The second-order valence-electron chi connectivity index (χ2n) is 12.0. The molecule has 0 saturated heterocycles. The second kappa shape index (κ2) is 16.3. The standard InChI is InChI=1S/C40H42N4O6/c1-4-49-19-20-50-33-13-14-36(43-39(45)30-21-29-7-5-6-8-35(29)41-25-30)34(24-33)40(46)42-32-11-9-27(10-12-32)15-17-44-18-16-28-22-37(47-2)38(48-3)23-31(28)26-44/h5-14,21-25H,4,15-20,26H2,1-3H3,(H,42,46)(H,43,45). The summed E-state index contributed by atoms with van der Waals surface area (Å²) in [6.07, 6.45) is 3.36. The fourth-order valence-electron chi connectivity index (χ4n) is 6.04. The van der Waals surface area contributed by atoms with Crippen molar-refractivity contribution in [2.75, 3.05) is 57.8 Å². The predicted molar refractivity (Wildman–Crippen MR) is 195 cm³/mol. The highest BCUT2D eigenvalue weighted by molar-refractivity contribution is 6.13. The van der Waals surface area contributed by atoms with Gasteiger partial charge in [0.25, 0.3) is 11.8 Å². The van der Waals surface area contributed by atoms with Gasteiger partial charge in [-0.05, 0) is 91.1 Å². The van der Waals surface area contributed by atoms with Gasteiger partial charge >= 0.3 is 0 Å². The zero-order chi connectivity index (χ0) is 34.9. The van der Waals surface area contributed by atoms with E-state index in [1.165, 1.54) is 22.9 Å². The normalized spacial score (nSPS) is 12.6. The maximum atomic E-state index is 13.7. The number of anilines is 2. The van der Waals surface area contributed by atoms with E-state index in [0.717, 1.165) is 54.9 Å². The Morgan fingerprint density at radius 3 is 2.40 bits per heavy atom. The van der Waals surface area contributed by atoms with Crippen LogP contribution in [0, 0.1) is 0 Å². The number of aromatic nitrogens is 1. The maximum Gasteiger partial charge on any atom is 0.257 e. The molecule has 50 heavy (non-hydrogen) atoms. The fraction of sp³-hybridized carbons (Fsp3) is 0.275. The van der Waals surface area contributed by atoms with Gasteiger partial charge in [-0.1, -0.05) is 30.3 Å². The van der Waals surface area contributed by atoms with E-state index in [1.54, 1.807) is 38.5 Å². The molecule has 4 aromatic carbocycles. The van der Waals surface area contributed by atoms with Crippen molar-refractivity contribution in [2.45, 2.75) is 26.3 Å². The second-order valence-corrected chi connectivity index (χ2v) is 12.0. The Kier molecular flexibility index (Phi) is 11.2. The molecule has 0 unspecified atom stereocenters. The van der Waals surface area contributed by atoms with Gasteiger partial charge in [-0.15, -0.1) is 0 Å². The van der Waals surface area contributed by atoms with Crippen LogP contribution in [0.2, 0.25) is 0 Å². The first-order valence-corrected chi connectivity index (χ1v) is 16.8. The lowest BCUT2D eigenvalue weighted by Crippen LogP contribution is -2.32. The molecule has 10 nitrogen and oxygen atoms in total. The van der Waals surface area contributed by atoms with Crippen LogP contribution in [0.25, 0.3) is 10.9 Å². The molecule has 1 aliphatic heterocycles. The van der Waals surface area contributed by atoms with E-state index in [9.17, 15) is 9.59 Å². The molecule has 1 aromatic heterocycles. The predicted octanol–water partition coefficient (Wildman–Crippen LogP) is 6.77. The van der Waals surface area contributed by atoms with Crippen LogP contribution < -0.4 is 24.8 Å². The van der Waals surface area contributed by atoms with Crippen molar-refractivity contribution < 1.29 is 28.5 Å². The SMILES string of the molecule is CCOCCOc1ccc(NC(=O)c2cnc3ccccc3c2)c(C(=O)Nc2ccc(CCN3CCc4cc(OC)c(OC)cc4C3)cc2)c1. The number of para-hydroxylation sites is 1. The number of benzene rings is 4. The molecule has 5 aromatic rings.